The highest BCUT2D eigenvalue weighted by Gasteiger charge is 2.34. The van der Waals surface area contributed by atoms with Gasteiger partial charge in [-0.2, -0.15) is 5.10 Å². The van der Waals surface area contributed by atoms with Gasteiger partial charge >= 0.3 is 6.36 Å². The lowest BCUT2D eigenvalue weighted by molar-refractivity contribution is -0.274. The van der Waals surface area contributed by atoms with E-state index in [2.05, 4.69) is 14.5 Å². The summed E-state index contributed by atoms with van der Waals surface area (Å²) in [5.74, 6) is 0.981. The molecule has 6 nitrogen and oxygen atoms in total. The number of alkyl halides is 3. The molecule has 158 valence electrons. The van der Waals surface area contributed by atoms with Crippen LogP contribution in [0, 0.1) is 12.8 Å². The Kier molecular flexibility index (Phi) is 5.44. The number of piperazine rings is 1. The quantitative estimate of drug-likeness (QED) is 0.840. The predicted octanol–water partition coefficient (Wildman–Crippen LogP) is 2.97. The number of hydrogen-bond acceptors (Lipinski definition) is 5. The highest BCUT2D eigenvalue weighted by Crippen LogP contribution is 2.29. The first-order valence-electron chi connectivity index (χ1n) is 9.85. The van der Waals surface area contributed by atoms with Gasteiger partial charge in [0.1, 0.15) is 5.75 Å². The molecule has 0 amide bonds. The number of aliphatic hydroxyl groups is 1. The SMILES string of the molecule is Cc1cc(N2CCN3CCC(CO)CC3C2)nn1-c1ccc(OC(F)(F)F)cc1. The van der Waals surface area contributed by atoms with Crippen LogP contribution < -0.4 is 9.64 Å². The van der Waals surface area contributed by atoms with Crippen LogP contribution in [0.1, 0.15) is 18.5 Å². The Morgan fingerprint density at radius 1 is 1.17 bits per heavy atom. The van der Waals surface area contributed by atoms with Crippen LogP contribution in [-0.2, 0) is 0 Å². The normalized spacial score (nSPS) is 23.1. The highest BCUT2D eigenvalue weighted by atomic mass is 19.4. The summed E-state index contributed by atoms with van der Waals surface area (Å²) < 4.78 is 42.7. The van der Waals surface area contributed by atoms with E-state index in [0.717, 1.165) is 50.5 Å². The van der Waals surface area contributed by atoms with Crippen molar-refractivity contribution in [2.45, 2.75) is 32.2 Å². The van der Waals surface area contributed by atoms with Crippen LogP contribution in [0.2, 0.25) is 0 Å². The van der Waals surface area contributed by atoms with E-state index in [-0.39, 0.29) is 12.4 Å². The number of halogens is 3. The number of rotatable bonds is 4. The van der Waals surface area contributed by atoms with Gasteiger partial charge in [0.2, 0.25) is 0 Å². The van der Waals surface area contributed by atoms with Crippen molar-refractivity contribution in [1.82, 2.24) is 14.7 Å². The third-order valence-electron chi connectivity index (χ3n) is 5.81. The molecule has 2 aliphatic rings. The molecule has 0 radical (unpaired) electrons. The molecular formula is C20H25F3N4O2. The molecule has 3 heterocycles. The number of piperidine rings is 1. The number of hydrogen-bond donors (Lipinski definition) is 1. The second kappa shape index (κ2) is 7.87. The summed E-state index contributed by atoms with van der Waals surface area (Å²) in [6.07, 6.45) is -2.66. The van der Waals surface area contributed by atoms with Gasteiger partial charge in [-0.05, 0) is 56.5 Å². The van der Waals surface area contributed by atoms with Crippen LogP contribution in [0.4, 0.5) is 19.0 Å². The summed E-state index contributed by atoms with van der Waals surface area (Å²) in [5.41, 5.74) is 1.59. The Bertz CT molecular complexity index is 837. The molecular weight excluding hydrogens is 385 g/mol. The number of fused-ring (bicyclic) bond motifs is 1. The third-order valence-corrected chi connectivity index (χ3v) is 5.81. The Morgan fingerprint density at radius 3 is 2.62 bits per heavy atom. The molecule has 2 fully saturated rings. The van der Waals surface area contributed by atoms with E-state index < -0.39 is 6.36 Å². The zero-order valence-corrected chi connectivity index (χ0v) is 16.3. The Balaban J connectivity index is 1.48. The molecule has 1 N–H and O–H groups in total. The molecule has 0 spiro atoms. The minimum atomic E-state index is -4.70. The zero-order valence-electron chi connectivity index (χ0n) is 16.3. The van der Waals surface area contributed by atoms with Gasteiger partial charge in [-0.25, -0.2) is 4.68 Å². The molecule has 29 heavy (non-hydrogen) atoms. The maximum absolute atomic E-state index is 12.3. The number of aromatic nitrogens is 2. The number of benzene rings is 1. The smallest absolute Gasteiger partial charge is 0.406 e. The molecule has 2 unspecified atom stereocenters. The minimum Gasteiger partial charge on any atom is -0.406 e. The second-order valence-corrected chi connectivity index (χ2v) is 7.81. The van der Waals surface area contributed by atoms with Crippen molar-refractivity contribution in [3.05, 3.63) is 36.0 Å². The van der Waals surface area contributed by atoms with E-state index in [9.17, 15) is 18.3 Å². The molecule has 9 heteroatoms. The number of nitrogens with zero attached hydrogens (tertiary/aromatic N) is 4. The minimum absolute atomic E-state index is 0.242. The van der Waals surface area contributed by atoms with Crippen LogP contribution in [0.3, 0.4) is 0 Å². The fourth-order valence-corrected chi connectivity index (χ4v) is 4.30. The average Bonchev–Trinajstić information content (AvgIpc) is 3.08. The van der Waals surface area contributed by atoms with Crippen LogP contribution in [0.5, 0.6) is 5.75 Å². The van der Waals surface area contributed by atoms with Gasteiger partial charge in [-0.15, -0.1) is 13.2 Å². The average molecular weight is 410 g/mol. The number of aryl methyl sites for hydroxylation is 1. The van der Waals surface area contributed by atoms with Crippen molar-refractivity contribution >= 4 is 5.82 Å². The van der Waals surface area contributed by atoms with Crippen molar-refractivity contribution in [2.75, 3.05) is 37.7 Å². The zero-order chi connectivity index (χ0) is 20.6. The fraction of sp³-hybridized carbons (Fsp3) is 0.550. The van der Waals surface area contributed by atoms with Crippen molar-refractivity contribution in [1.29, 1.82) is 0 Å². The van der Waals surface area contributed by atoms with Gasteiger partial charge in [-0.3, -0.25) is 4.90 Å². The van der Waals surface area contributed by atoms with E-state index in [1.807, 2.05) is 13.0 Å². The summed E-state index contributed by atoms with van der Waals surface area (Å²) in [5, 5.41) is 14.2. The summed E-state index contributed by atoms with van der Waals surface area (Å²) in [4.78, 5) is 4.75. The first-order valence-corrected chi connectivity index (χ1v) is 9.85. The molecule has 2 aliphatic heterocycles. The number of aliphatic hydroxyl groups excluding tert-OH is 1. The Hall–Kier alpha value is -2.26. The van der Waals surface area contributed by atoms with Gasteiger partial charge in [0.15, 0.2) is 5.82 Å². The lowest BCUT2D eigenvalue weighted by Crippen LogP contribution is -2.56. The van der Waals surface area contributed by atoms with Gasteiger partial charge in [0, 0.05) is 44.0 Å². The first-order chi connectivity index (χ1) is 13.8. The second-order valence-electron chi connectivity index (χ2n) is 7.81. The van der Waals surface area contributed by atoms with Gasteiger partial charge in [0.05, 0.1) is 5.69 Å². The van der Waals surface area contributed by atoms with E-state index in [1.54, 1.807) is 16.8 Å². The van der Waals surface area contributed by atoms with E-state index in [0.29, 0.717) is 17.6 Å². The van der Waals surface area contributed by atoms with Gasteiger partial charge in [0.25, 0.3) is 0 Å². The molecule has 1 aromatic heterocycles. The molecule has 0 aliphatic carbocycles. The van der Waals surface area contributed by atoms with Crippen LogP contribution in [0.15, 0.2) is 30.3 Å². The molecule has 2 saturated heterocycles. The van der Waals surface area contributed by atoms with E-state index in [1.165, 1.54) is 12.1 Å². The number of anilines is 1. The summed E-state index contributed by atoms with van der Waals surface area (Å²) in [6, 6.07) is 8.13. The first kappa shape index (κ1) is 20.0. The molecule has 0 bridgehead atoms. The van der Waals surface area contributed by atoms with E-state index >= 15 is 0 Å². The van der Waals surface area contributed by atoms with Gasteiger partial charge in [-0.1, -0.05) is 0 Å². The maximum Gasteiger partial charge on any atom is 0.573 e. The van der Waals surface area contributed by atoms with Crippen molar-refractivity contribution in [3.8, 4) is 11.4 Å². The Labute approximate surface area is 167 Å². The largest absolute Gasteiger partial charge is 0.573 e. The summed E-state index contributed by atoms with van der Waals surface area (Å²) in [6.45, 7) is 5.92. The van der Waals surface area contributed by atoms with E-state index in [4.69, 9.17) is 5.10 Å². The van der Waals surface area contributed by atoms with Crippen molar-refractivity contribution in [3.63, 3.8) is 0 Å². The number of ether oxygens (including phenoxy) is 1. The van der Waals surface area contributed by atoms with Crippen LogP contribution >= 0.6 is 0 Å². The topological polar surface area (TPSA) is 53.8 Å². The monoisotopic (exact) mass is 410 g/mol. The molecule has 2 aromatic rings. The van der Waals surface area contributed by atoms with Crippen LogP contribution in [-0.4, -0.2) is 65.0 Å². The lowest BCUT2D eigenvalue weighted by Gasteiger charge is -2.46. The molecule has 4 rings (SSSR count). The molecule has 1 aromatic carbocycles. The van der Waals surface area contributed by atoms with Crippen LogP contribution in [0.25, 0.3) is 5.69 Å². The Morgan fingerprint density at radius 2 is 1.93 bits per heavy atom. The fourth-order valence-electron chi connectivity index (χ4n) is 4.30. The highest BCUT2D eigenvalue weighted by molar-refractivity contribution is 5.45. The summed E-state index contributed by atoms with van der Waals surface area (Å²) in [7, 11) is 0. The van der Waals surface area contributed by atoms with Crippen molar-refractivity contribution in [2.24, 2.45) is 5.92 Å². The predicted molar refractivity (Wildman–Crippen MR) is 102 cm³/mol. The van der Waals surface area contributed by atoms with Gasteiger partial charge < -0.3 is 14.7 Å². The maximum atomic E-state index is 12.3. The molecule has 2 atom stereocenters. The van der Waals surface area contributed by atoms with Crippen molar-refractivity contribution < 1.29 is 23.0 Å². The summed E-state index contributed by atoms with van der Waals surface area (Å²) >= 11 is 0. The third kappa shape index (κ3) is 4.51. The standard InChI is InChI=1S/C20H25F3N4O2/c1-14-10-19(26-9-8-25-7-6-15(13-28)11-17(25)12-26)24-27(14)16-2-4-18(5-3-16)29-20(21,22)23/h2-5,10,15,17,28H,6-9,11-13H2,1H3. The lowest BCUT2D eigenvalue weighted by atomic mass is 9.90. The molecule has 0 saturated carbocycles.